The molecule has 1 aliphatic rings. The van der Waals surface area contributed by atoms with Crippen LogP contribution in [0.15, 0.2) is 0 Å². The Morgan fingerprint density at radius 1 is 1.55 bits per heavy atom. The molecular weight excluding hydrogens is 146 g/mol. The van der Waals surface area contributed by atoms with Crippen LogP contribution in [-0.4, -0.2) is 23.0 Å². The summed E-state index contributed by atoms with van der Waals surface area (Å²) in [7, 11) is 0. The minimum atomic E-state index is -1.13. The maximum absolute atomic E-state index is 11.1. The fourth-order valence-corrected chi connectivity index (χ4v) is 0.978. The number of carbonyl (C=O) groups is 2. The molecule has 11 heavy (non-hydrogen) atoms. The largest absolute Gasteiger partial charge is 0.465 e. The van der Waals surface area contributed by atoms with Crippen molar-refractivity contribution in [1.29, 1.82) is 0 Å². The van der Waals surface area contributed by atoms with Gasteiger partial charge in [-0.25, -0.2) is 4.79 Å². The van der Waals surface area contributed by atoms with Crippen LogP contribution in [-0.2, 0) is 4.79 Å². The standard InChI is InChI=1S/C7H11NO3/c1-4(8-7(10)11)6(9)5-2-3-5/h4-5,8H,2-3H2,1H3,(H,10,11)/t4-/m0/s1. The van der Waals surface area contributed by atoms with E-state index in [-0.39, 0.29) is 11.7 Å². The zero-order chi connectivity index (χ0) is 8.43. The van der Waals surface area contributed by atoms with E-state index in [0.29, 0.717) is 0 Å². The molecule has 1 aliphatic carbocycles. The Labute approximate surface area is 64.6 Å². The number of hydrogen-bond donors (Lipinski definition) is 2. The first-order valence-corrected chi connectivity index (χ1v) is 3.64. The summed E-state index contributed by atoms with van der Waals surface area (Å²) in [5.41, 5.74) is 0. The first kappa shape index (κ1) is 8.04. The molecule has 0 heterocycles. The quantitative estimate of drug-likeness (QED) is 0.631. The molecule has 1 atom stereocenters. The predicted octanol–water partition coefficient (Wildman–Crippen LogP) is 0.622. The van der Waals surface area contributed by atoms with Crippen LogP contribution < -0.4 is 5.32 Å². The number of carbonyl (C=O) groups excluding carboxylic acids is 1. The molecule has 62 valence electrons. The maximum Gasteiger partial charge on any atom is 0.405 e. The van der Waals surface area contributed by atoms with E-state index in [1.807, 2.05) is 0 Å². The first-order valence-electron chi connectivity index (χ1n) is 3.64. The lowest BCUT2D eigenvalue weighted by Gasteiger charge is -2.08. The minimum Gasteiger partial charge on any atom is -0.465 e. The van der Waals surface area contributed by atoms with Crippen molar-refractivity contribution in [3.8, 4) is 0 Å². The number of rotatable bonds is 3. The van der Waals surface area contributed by atoms with Gasteiger partial charge in [-0.2, -0.15) is 0 Å². The minimum absolute atomic E-state index is 0.0207. The van der Waals surface area contributed by atoms with Gasteiger partial charge in [0.15, 0.2) is 5.78 Å². The van der Waals surface area contributed by atoms with E-state index in [0.717, 1.165) is 12.8 Å². The average Bonchev–Trinajstić information content (AvgIpc) is 2.65. The molecular formula is C7H11NO3. The van der Waals surface area contributed by atoms with E-state index >= 15 is 0 Å². The van der Waals surface area contributed by atoms with E-state index in [1.165, 1.54) is 0 Å². The Morgan fingerprint density at radius 2 is 2.09 bits per heavy atom. The van der Waals surface area contributed by atoms with Gasteiger partial charge in [-0.05, 0) is 19.8 Å². The van der Waals surface area contributed by atoms with Gasteiger partial charge in [-0.15, -0.1) is 0 Å². The summed E-state index contributed by atoms with van der Waals surface area (Å²) < 4.78 is 0. The van der Waals surface area contributed by atoms with Crippen molar-refractivity contribution < 1.29 is 14.7 Å². The summed E-state index contributed by atoms with van der Waals surface area (Å²) in [4.78, 5) is 21.2. The van der Waals surface area contributed by atoms with Crippen molar-refractivity contribution in [2.24, 2.45) is 5.92 Å². The molecule has 0 spiro atoms. The fraction of sp³-hybridized carbons (Fsp3) is 0.714. The van der Waals surface area contributed by atoms with Gasteiger partial charge in [0.05, 0.1) is 6.04 Å². The summed E-state index contributed by atoms with van der Waals surface area (Å²) in [6.07, 6.45) is 0.709. The van der Waals surface area contributed by atoms with Crippen molar-refractivity contribution in [2.75, 3.05) is 0 Å². The van der Waals surface area contributed by atoms with Crippen LogP contribution in [0.25, 0.3) is 0 Å². The smallest absolute Gasteiger partial charge is 0.405 e. The zero-order valence-corrected chi connectivity index (χ0v) is 6.33. The molecule has 0 aliphatic heterocycles. The van der Waals surface area contributed by atoms with Crippen molar-refractivity contribution >= 4 is 11.9 Å². The monoisotopic (exact) mass is 157 g/mol. The first-order chi connectivity index (χ1) is 5.11. The molecule has 0 aromatic rings. The number of amides is 1. The van der Waals surface area contributed by atoms with Crippen LogP contribution in [0.2, 0.25) is 0 Å². The van der Waals surface area contributed by atoms with E-state index in [1.54, 1.807) is 6.92 Å². The van der Waals surface area contributed by atoms with Crippen LogP contribution in [0.4, 0.5) is 4.79 Å². The maximum atomic E-state index is 11.1. The molecule has 1 amide bonds. The Bertz CT molecular complexity index is 186. The van der Waals surface area contributed by atoms with Gasteiger partial charge in [-0.3, -0.25) is 4.79 Å². The number of Topliss-reactive ketones (excluding diaryl/α,β-unsaturated/α-hetero) is 1. The second-order valence-corrected chi connectivity index (χ2v) is 2.85. The van der Waals surface area contributed by atoms with Gasteiger partial charge >= 0.3 is 6.09 Å². The summed E-state index contributed by atoms with van der Waals surface area (Å²) in [5, 5.41) is 10.4. The van der Waals surface area contributed by atoms with Crippen LogP contribution in [0.1, 0.15) is 19.8 Å². The third kappa shape index (κ3) is 2.22. The van der Waals surface area contributed by atoms with Crippen LogP contribution in [0, 0.1) is 5.92 Å². The molecule has 1 rings (SSSR count). The van der Waals surface area contributed by atoms with Crippen molar-refractivity contribution in [3.63, 3.8) is 0 Å². The van der Waals surface area contributed by atoms with Gasteiger partial charge in [-0.1, -0.05) is 0 Å². The number of carboxylic acid groups (broad SMARTS) is 1. The summed E-state index contributed by atoms with van der Waals surface area (Å²) in [6.45, 7) is 1.58. The fourth-order valence-electron chi connectivity index (χ4n) is 0.978. The third-order valence-electron chi connectivity index (χ3n) is 1.75. The molecule has 0 saturated heterocycles. The highest BCUT2D eigenvalue weighted by Gasteiger charge is 2.33. The third-order valence-corrected chi connectivity index (χ3v) is 1.75. The lowest BCUT2D eigenvalue weighted by Crippen LogP contribution is -2.38. The topological polar surface area (TPSA) is 66.4 Å². The van der Waals surface area contributed by atoms with Crippen LogP contribution >= 0.6 is 0 Å². The Balaban J connectivity index is 2.33. The zero-order valence-electron chi connectivity index (χ0n) is 6.33. The van der Waals surface area contributed by atoms with E-state index < -0.39 is 12.1 Å². The molecule has 1 saturated carbocycles. The summed E-state index contributed by atoms with van der Waals surface area (Å²) in [5.74, 6) is 0.143. The highest BCUT2D eigenvalue weighted by atomic mass is 16.4. The molecule has 0 bridgehead atoms. The SMILES string of the molecule is C[C@H](NC(=O)O)C(=O)C1CC1. The molecule has 1 fully saturated rings. The lowest BCUT2D eigenvalue weighted by molar-refractivity contribution is -0.121. The van der Waals surface area contributed by atoms with E-state index in [4.69, 9.17) is 5.11 Å². The second kappa shape index (κ2) is 2.90. The summed E-state index contributed by atoms with van der Waals surface area (Å²) >= 11 is 0. The molecule has 0 aromatic heterocycles. The van der Waals surface area contributed by atoms with Crippen LogP contribution in [0.5, 0.6) is 0 Å². The van der Waals surface area contributed by atoms with E-state index in [2.05, 4.69) is 5.32 Å². The number of ketones is 1. The number of nitrogens with one attached hydrogen (secondary N) is 1. The average molecular weight is 157 g/mol. The second-order valence-electron chi connectivity index (χ2n) is 2.85. The van der Waals surface area contributed by atoms with Gasteiger partial charge in [0.2, 0.25) is 0 Å². The molecule has 2 N–H and O–H groups in total. The Morgan fingerprint density at radius 3 is 2.45 bits per heavy atom. The molecule has 4 nitrogen and oxygen atoms in total. The van der Waals surface area contributed by atoms with E-state index in [9.17, 15) is 9.59 Å². The Kier molecular flexibility index (Phi) is 2.12. The predicted molar refractivity (Wildman–Crippen MR) is 38.4 cm³/mol. The normalized spacial score (nSPS) is 19.0. The van der Waals surface area contributed by atoms with Crippen molar-refractivity contribution in [3.05, 3.63) is 0 Å². The molecule has 0 radical (unpaired) electrons. The van der Waals surface area contributed by atoms with Crippen molar-refractivity contribution in [2.45, 2.75) is 25.8 Å². The lowest BCUT2D eigenvalue weighted by atomic mass is 10.1. The summed E-state index contributed by atoms with van der Waals surface area (Å²) in [6, 6.07) is -0.542. The highest BCUT2D eigenvalue weighted by molar-refractivity contribution is 5.90. The van der Waals surface area contributed by atoms with Gasteiger partial charge < -0.3 is 10.4 Å². The van der Waals surface area contributed by atoms with Gasteiger partial charge in [0, 0.05) is 5.92 Å². The molecule has 4 heteroatoms. The van der Waals surface area contributed by atoms with Crippen LogP contribution in [0.3, 0.4) is 0 Å². The van der Waals surface area contributed by atoms with Gasteiger partial charge in [0.25, 0.3) is 0 Å². The number of hydrogen-bond acceptors (Lipinski definition) is 2. The molecule has 0 unspecified atom stereocenters. The molecule has 0 aromatic carbocycles. The Hall–Kier alpha value is -1.06. The highest BCUT2D eigenvalue weighted by Crippen LogP contribution is 2.30. The van der Waals surface area contributed by atoms with Crippen molar-refractivity contribution in [1.82, 2.24) is 5.32 Å². The van der Waals surface area contributed by atoms with Gasteiger partial charge in [0.1, 0.15) is 0 Å².